The summed E-state index contributed by atoms with van der Waals surface area (Å²) < 4.78 is 7.93. The highest BCUT2D eigenvalue weighted by Crippen LogP contribution is 2.21. The van der Waals surface area contributed by atoms with Gasteiger partial charge in [-0.2, -0.15) is 0 Å². The minimum absolute atomic E-state index is 0.137. The summed E-state index contributed by atoms with van der Waals surface area (Å²) in [5, 5.41) is 0. The van der Waals surface area contributed by atoms with E-state index in [4.69, 9.17) is 10.5 Å². The lowest BCUT2D eigenvalue weighted by molar-refractivity contribution is 0.00550. The van der Waals surface area contributed by atoms with Crippen molar-refractivity contribution in [3.63, 3.8) is 0 Å². The molecule has 0 aliphatic carbocycles. The molecule has 0 radical (unpaired) electrons. The Morgan fingerprint density at radius 2 is 2.15 bits per heavy atom. The molecule has 1 aliphatic heterocycles. The van der Waals surface area contributed by atoms with E-state index >= 15 is 0 Å². The Labute approximate surface area is 119 Å². The van der Waals surface area contributed by atoms with E-state index < -0.39 is 0 Å². The molecule has 1 saturated heterocycles. The van der Waals surface area contributed by atoms with Crippen molar-refractivity contribution in [2.75, 3.05) is 6.61 Å². The molecule has 0 amide bonds. The van der Waals surface area contributed by atoms with Crippen LogP contribution >= 0.6 is 0 Å². The zero-order valence-electron chi connectivity index (χ0n) is 11.6. The van der Waals surface area contributed by atoms with Gasteiger partial charge in [-0.1, -0.05) is 30.3 Å². The van der Waals surface area contributed by atoms with Crippen molar-refractivity contribution in [2.24, 2.45) is 5.73 Å². The molecule has 4 nitrogen and oxygen atoms in total. The molecule has 4 heteroatoms. The molecule has 2 N–H and O–H groups in total. The van der Waals surface area contributed by atoms with Gasteiger partial charge in [-0.05, 0) is 24.8 Å². The molecule has 2 heterocycles. The van der Waals surface area contributed by atoms with Crippen LogP contribution in [0.15, 0.2) is 42.9 Å². The molecule has 1 aromatic carbocycles. The molecular formula is C16H21N3O. The maximum absolute atomic E-state index is 6.37. The van der Waals surface area contributed by atoms with Crippen LogP contribution in [0.4, 0.5) is 0 Å². The molecule has 1 aromatic heterocycles. The van der Waals surface area contributed by atoms with Gasteiger partial charge >= 0.3 is 0 Å². The van der Waals surface area contributed by atoms with E-state index in [2.05, 4.69) is 21.7 Å². The molecule has 1 fully saturated rings. The van der Waals surface area contributed by atoms with Crippen molar-refractivity contribution in [3.8, 4) is 0 Å². The van der Waals surface area contributed by atoms with Crippen molar-refractivity contribution < 1.29 is 4.74 Å². The van der Waals surface area contributed by atoms with Crippen molar-refractivity contribution in [2.45, 2.75) is 38.0 Å². The summed E-state index contributed by atoms with van der Waals surface area (Å²) in [4.78, 5) is 4.26. The van der Waals surface area contributed by atoms with E-state index in [1.165, 1.54) is 12.8 Å². The van der Waals surface area contributed by atoms with Crippen LogP contribution in [-0.4, -0.2) is 22.3 Å². The van der Waals surface area contributed by atoms with Gasteiger partial charge in [0.05, 0.1) is 36.9 Å². The predicted octanol–water partition coefficient (Wildman–Crippen LogP) is 2.50. The monoisotopic (exact) mass is 271 g/mol. The number of nitrogens with two attached hydrogens (primary N) is 1. The fourth-order valence-electron chi connectivity index (χ4n) is 2.74. The first kappa shape index (κ1) is 13.3. The zero-order valence-corrected chi connectivity index (χ0v) is 11.6. The second-order valence-corrected chi connectivity index (χ2v) is 5.35. The van der Waals surface area contributed by atoms with Crippen molar-refractivity contribution >= 4 is 0 Å². The summed E-state index contributed by atoms with van der Waals surface area (Å²) in [5.74, 6) is 0. The number of aromatic nitrogens is 2. The van der Waals surface area contributed by atoms with Crippen molar-refractivity contribution in [1.82, 2.24) is 9.55 Å². The smallest absolute Gasteiger partial charge is 0.0949 e. The molecule has 0 bridgehead atoms. The maximum Gasteiger partial charge on any atom is 0.0949 e. The third kappa shape index (κ3) is 2.92. The molecular weight excluding hydrogens is 250 g/mol. The predicted molar refractivity (Wildman–Crippen MR) is 78.3 cm³/mol. The number of imidazole rings is 1. The van der Waals surface area contributed by atoms with E-state index in [9.17, 15) is 0 Å². The Kier molecular flexibility index (Phi) is 4.14. The number of nitrogens with zero attached hydrogens (tertiary/aromatic N) is 2. The third-order valence-electron chi connectivity index (χ3n) is 3.90. The zero-order chi connectivity index (χ0) is 13.8. The Hall–Kier alpha value is -1.65. The molecule has 106 valence electrons. The molecule has 2 atom stereocenters. The first-order valence-electron chi connectivity index (χ1n) is 7.27. The minimum Gasteiger partial charge on any atom is -0.376 e. The number of rotatable bonds is 4. The fourth-order valence-corrected chi connectivity index (χ4v) is 2.74. The first-order valence-corrected chi connectivity index (χ1v) is 7.27. The van der Waals surface area contributed by atoms with E-state index in [-0.39, 0.29) is 6.04 Å². The minimum atomic E-state index is -0.137. The van der Waals surface area contributed by atoms with Crippen LogP contribution < -0.4 is 5.73 Å². The number of benzene rings is 1. The molecule has 2 unspecified atom stereocenters. The Bertz CT molecular complexity index is 532. The average Bonchev–Trinajstić information content (AvgIpc) is 2.96. The Balaban J connectivity index is 1.75. The van der Waals surface area contributed by atoms with Crippen LogP contribution in [0.2, 0.25) is 0 Å². The van der Waals surface area contributed by atoms with Gasteiger partial charge in [0, 0.05) is 6.61 Å². The van der Waals surface area contributed by atoms with Gasteiger partial charge in [-0.25, -0.2) is 4.98 Å². The highest BCUT2D eigenvalue weighted by molar-refractivity contribution is 5.26. The van der Waals surface area contributed by atoms with Crippen LogP contribution in [0.1, 0.15) is 36.6 Å². The molecule has 1 aliphatic rings. The normalized spacial score (nSPS) is 20.8. The van der Waals surface area contributed by atoms with E-state index in [0.717, 1.165) is 30.8 Å². The van der Waals surface area contributed by atoms with Gasteiger partial charge in [0.25, 0.3) is 0 Å². The second kappa shape index (κ2) is 6.20. The van der Waals surface area contributed by atoms with Gasteiger partial charge in [-0.15, -0.1) is 0 Å². The van der Waals surface area contributed by atoms with Gasteiger partial charge in [-0.3, -0.25) is 0 Å². The van der Waals surface area contributed by atoms with Crippen molar-refractivity contribution in [3.05, 3.63) is 54.1 Å². The summed E-state index contributed by atoms with van der Waals surface area (Å²) in [5.41, 5.74) is 8.52. The largest absolute Gasteiger partial charge is 0.376 e. The highest BCUT2D eigenvalue weighted by atomic mass is 16.5. The number of hydrogen-bond acceptors (Lipinski definition) is 3. The van der Waals surface area contributed by atoms with Crippen LogP contribution in [0, 0.1) is 0 Å². The lowest BCUT2D eigenvalue weighted by atomic mass is 10.0. The van der Waals surface area contributed by atoms with Gasteiger partial charge in [0.2, 0.25) is 0 Å². The average molecular weight is 271 g/mol. The van der Waals surface area contributed by atoms with Crippen molar-refractivity contribution in [1.29, 1.82) is 0 Å². The summed E-state index contributed by atoms with van der Waals surface area (Å²) in [6, 6.07) is 10.0. The highest BCUT2D eigenvalue weighted by Gasteiger charge is 2.18. The van der Waals surface area contributed by atoms with Crippen LogP contribution in [0.3, 0.4) is 0 Å². The summed E-state index contributed by atoms with van der Waals surface area (Å²) >= 11 is 0. The maximum atomic E-state index is 6.37. The molecule has 20 heavy (non-hydrogen) atoms. The van der Waals surface area contributed by atoms with Gasteiger partial charge in [0.15, 0.2) is 0 Å². The molecule has 3 rings (SSSR count). The summed E-state index contributed by atoms with van der Waals surface area (Å²) in [6.07, 6.45) is 7.56. The SMILES string of the molecule is NC(c1ccccc1)c1cncn1CC1CCCCO1. The lowest BCUT2D eigenvalue weighted by Crippen LogP contribution is -2.26. The van der Waals surface area contributed by atoms with Gasteiger partial charge < -0.3 is 15.0 Å². The summed E-state index contributed by atoms with van der Waals surface area (Å²) in [6.45, 7) is 1.72. The number of ether oxygens (including phenoxy) is 1. The van der Waals surface area contributed by atoms with E-state index in [0.29, 0.717) is 6.10 Å². The quantitative estimate of drug-likeness (QED) is 0.929. The molecule has 0 spiro atoms. The molecule has 2 aromatic rings. The summed E-state index contributed by atoms with van der Waals surface area (Å²) in [7, 11) is 0. The van der Waals surface area contributed by atoms with Gasteiger partial charge in [0.1, 0.15) is 0 Å². The van der Waals surface area contributed by atoms with Crippen LogP contribution in [0.5, 0.6) is 0 Å². The Morgan fingerprint density at radius 3 is 2.90 bits per heavy atom. The lowest BCUT2D eigenvalue weighted by Gasteiger charge is -2.24. The van der Waals surface area contributed by atoms with E-state index in [1.54, 1.807) is 0 Å². The topological polar surface area (TPSA) is 53.1 Å². The standard InChI is InChI=1S/C16H21N3O/c17-16(13-6-2-1-3-7-13)15-10-18-12-19(15)11-14-8-4-5-9-20-14/h1-3,6-7,10,12,14,16H,4-5,8-9,11,17H2. The number of hydrogen-bond donors (Lipinski definition) is 1. The van der Waals surface area contributed by atoms with Crippen LogP contribution in [0.25, 0.3) is 0 Å². The van der Waals surface area contributed by atoms with E-state index in [1.807, 2.05) is 30.7 Å². The Morgan fingerprint density at radius 1 is 1.30 bits per heavy atom. The third-order valence-corrected chi connectivity index (χ3v) is 3.90. The molecule has 0 saturated carbocycles. The second-order valence-electron chi connectivity index (χ2n) is 5.35. The van der Waals surface area contributed by atoms with Crippen LogP contribution in [-0.2, 0) is 11.3 Å². The fraction of sp³-hybridized carbons (Fsp3) is 0.438. The first-order chi connectivity index (χ1) is 9.84.